The molecule has 0 spiro atoms. The topological polar surface area (TPSA) is 61.4 Å². The molecule has 0 aromatic heterocycles. The van der Waals surface area contributed by atoms with Crippen LogP contribution in [0.3, 0.4) is 0 Å². The maximum atomic E-state index is 13.2. The highest BCUT2D eigenvalue weighted by atomic mass is 19.1. The third-order valence-electron chi connectivity index (χ3n) is 5.03. The number of amides is 2. The van der Waals surface area contributed by atoms with Crippen LogP contribution in [-0.4, -0.2) is 36.3 Å². The van der Waals surface area contributed by atoms with E-state index in [0.717, 1.165) is 31.5 Å². The van der Waals surface area contributed by atoms with Crippen molar-refractivity contribution in [2.45, 2.75) is 25.8 Å². The number of nitrogens with one attached hydrogen (secondary N) is 2. The number of hydrogen-bond acceptors (Lipinski definition) is 3. The minimum absolute atomic E-state index is 0.0363. The van der Waals surface area contributed by atoms with Gasteiger partial charge in [0.25, 0.3) is 0 Å². The van der Waals surface area contributed by atoms with E-state index in [4.69, 9.17) is 0 Å². The van der Waals surface area contributed by atoms with Gasteiger partial charge in [0.15, 0.2) is 0 Å². The Morgan fingerprint density at radius 1 is 1.14 bits per heavy atom. The van der Waals surface area contributed by atoms with Crippen LogP contribution in [0.25, 0.3) is 0 Å². The summed E-state index contributed by atoms with van der Waals surface area (Å²) >= 11 is 0. The van der Waals surface area contributed by atoms with E-state index in [1.54, 1.807) is 12.1 Å². The van der Waals surface area contributed by atoms with Gasteiger partial charge in [-0.3, -0.25) is 14.5 Å². The van der Waals surface area contributed by atoms with Crippen molar-refractivity contribution in [2.75, 3.05) is 25.0 Å². The lowest BCUT2D eigenvalue weighted by Crippen LogP contribution is -2.45. The van der Waals surface area contributed by atoms with Crippen LogP contribution < -0.4 is 10.6 Å². The number of halogens is 1. The first-order valence-corrected chi connectivity index (χ1v) is 9.63. The van der Waals surface area contributed by atoms with Crippen molar-refractivity contribution in [3.05, 3.63) is 66.0 Å². The number of anilines is 1. The normalized spacial score (nSPS) is 18.3. The fourth-order valence-electron chi connectivity index (χ4n) is 3.69. The van der Waals surface area contributed by atoms with Gasteiger partial charge < -0.3 is 10.6 Å². The number of rotatable bonds is 6. The van der Waals surface area contributed by atoms with Crippen LogP contribution in [0.15, 0.2) is 54.6 Å². The molecule has 2 N–H and O–H groups in total. The van der Waals surface area contributed by atoms with Gasteiger partial charge in [-0.2, -0.15) is 0 Å². The van der Waals surface area contributed by atoms with Crippen molar-refractivity contribution in [3.8, 4) is 0 Å². The van der Waals surface area contributed by atoms with Crippen LogP contribution in [0.1, 0.15) is 31.4 Å². The van der Waals surface area contributed by atoms with E-state index in [1.807, 2.05) is 30.3 Å². The third-order valence-corrected chi connectivity index (χ3v) is 5.03. The number of carbonyl (C=O) groups excluding carboxylic acids is 2. The molecule has 1 saturated heterocycles. The Balaban J connectivity index is 1.77. The van der Waals surface area contributed by atoms with Crippen molar-refractivity contribution >= 4 is 17.5 Å². The Bertz CT molecular complexity index is 795. The number of benzene rings is 2. The first kappa shape index (κ1) is 20.0. The summed E-state index contributed by atoms with van der Waals surface area (Å²) in [6.45, 7) is 3.68. The third kappa shape index (κ3) is 5.39. The number of carbonyl (C=O) groups is 2. The van der Waals surface area contributed by atoms with E-state index in [1.165, 1.54) is 19.1 Å². The predicted octanol–water partition coefficient (Wildman–Crippen LogP) is 3.35. The lowest BCUT2D eigenvalue weighted by Gasteiger charge is -2.37. The quantitative estimate of drug-likeness (QED) is 0.804. The van der Waals surface area contributed by atoms with E-state index in [-0.39, 0.29) is 17.6 Å². The van der Waals surface area contributed by atoms with Crippen LogP contribution in [-0.2, 0) is 9.59 Å². The van der Waals surface area contributed by atoms with Crippen molar-refractivity contribution < 1.29 is 14.0 Å². The summed E-state index contributed by atoms with van der Waals surface area (Å²) in [4.78, 5) is 26.6. The van der Waals surface area contributed by atoms with Crippen molar-refractivity contribution in [1.29, 1.82) is 0 Å². The molecule has 2 aromatic carbocycles. The Labute approximate surface area is 164 Å². The predicted molar refractivity (Wildman–Crippen MR) is 107 cm³/mol. The van der Waals surface area contributed by atoms with Gasteiger partial charge in [-0.1, -0.05) is 30.3 Å². The van der Waals surface area contributed by atoms with Gasteiger partial charge in [0.1, 0.15) is 11.9 Å². The Kier molecular flexibility index (Phi) is 6.76. The highest BCUT2D eigenvalue weighted by Gasteiger charge is 2.31. The standard InChI is InChI=1S/C22H26FN3O2/c1-16(27)24-14-17-6-5-13-26(15-17)21(18-7-3-2-4-8-18)22(28)25-20-11-9-19(23)10-12-20/h2-4,7-12,17,21H,5-6,13-15H2,1H3,(H,24,27)(H,25,28)/t17-,21-/m1/s1. The van der Waals surface area contributed by atoms with Gasteiger partial charge in [-0.25, -0.2) is 4.39 Å². The van der Waals surface area contributed by atoms with E-state index >= 15 is 0 Å². The van der Waals surface area contributed by atoms with Gasteiger partial charge in [-0.05, 0) is 55.1 Å². The average Bonchev–Trinajstić information content (AvgIpc) is 2.69. The molecule has 2 amide bonds. The molecule has 0 radical (unpaired) electrons. The van der Waals surface area contributed by atoms with Crippen LogP contribution in [0.2, 0.25) is 0 Å². The van der Waals surface area contributed by atoms with Crippen molar-refractivity contribution in [1.82, 2.24) is 10.2 Å². The number of piperidine rings is 1. The monoisotopic (exact) mass is 383 g/mol. The molecule has 0 aliphatic carbocycles. The van der Waals surface area contributed by atoms with Gasteiger partial charge in [-0.15, -0.1) is 0 Å². The molecule has 2 atom stereocenters. The average molecular weight is 383 g/mol. The van der Waals surface area contributed by atoms with Gasteiger partial charge >= 0.3 is 0 Å². The van der Waals surface area contributed by atoms with Crippen LogP contribution in [0.4, 0.5) is 10.1 Å². The molecule has 0 saturated carbocycles. The summed E-state index contributed by atoms with van der Waals surface area (Å²) in [6.07, 6.45) is 2.00. The van der Waals surface area contributed by atoms with E-state index < -0.39 is 6.04 Å². The molecule has 6 heteroatoms. The zero-order valence-electron chi connectivity index (χ0n) is 16.0. The lowest BCUT2D eigenvalue weighted by atomic mass is 9.94. The first-order chi connectivity index (χ1) is 13.5. The van der Waals surface area contributed by atoms with E-state index in [0.29, 0.717) is 18.2 Å². The molecule has 148 valence electrons. The molecule has 3 rings (SSSR count). The minimum atomic E-state index is -0.439. The Morgan fingerprint density at radius 2 is 1.86 bits per heavy atom. The second kappa shape index (κ2) is 9.46. The van der Waals surface area contributed by atoms with Gasteiger partial charge in [0.05, 0.1) is 0 Å². The molecular formula is C22H26FN3O2. The molecule has 5 nitrogen and oxygen atoms in total. The maximum absolute atomic E-state index is 13.2. The Morgan fingerprint density at radius 3 is 2.54 bits per heavy atom. The van der Waals surface area contributed by atoms with Crippen LogP contribution in [0, 0.1) is 11.7 Å². The smallest absolute Gasteiger partial charge is 0.246 e. The summed E-state index contributed by atoms with van der Waals surface area (Å²) in [5, 5.41) is 5.80. The second-order valence-corrected chi connectivity index (χ2v) is 7.25. The molecule has 1 heterocycles. The number of hydrogen-bond donors (Lipinski definition) is 2. The highest BCUT2D eigenvalue weighted by molar-refractivity contribution is 5.95. The first-order valence-electron chi connectivity index (χ1n) is 9.63. The van der Waals surface area contributed by atoms with Crippen molar-refractivity contribution in [3.63, 3.8) is 0 Å². The summed E-state index contributed by atoms with van der Waals surface area (Å²) in [6, 6.07) is 15.0. The van der Waals surface area contributed by atoms with E-state index in [2.05, 4.69) is 15.5 Å². The number of likely N-dealkylation sites (tertiary alicyclic amines) is 1. The van der Waals surface area contributed by atoms with Crippen LogP contribution in [0.5, 0.6) is 0 Å². The summed E-state index contributed by atoms with van der Waals surface area (Å²) < 4.78 is 13.2. The lowest BCUT2D eigenvalue weighted by molar-refractivity contribution is -0.123. The highest BCUT2D eigenvalue weighted by Crippen LogP contribution is 2.28. The fraction of sp³-hybridized carbons (Fsp3) is 0.364. The molecule has 2 aromatic rings. The summed E-state index contributed by atoms with van der Waals surface area (Å²) in [5.74, 6) is -0.208. The zero-order chi connectivity index (χ0) is 19.9. The zero-order valence-corrected chi connectivity index (χ0v) is 16.0. The maximum Gasteiger partial charge on any atom is 0.246 e. The van der Waals surface area contributed by atoms with Crippen molar-refractivity contribution in [2.24, 2.45) is 5.92 Å². The SMILES string of the molecule is CC(=O)NC[C@H]1CCCN([C@@H](C(=O)Nc2ccc(F)cc2)c2ccccc2)C1. The van der Waals surface area contributed by atoms with Crippen LogP contribution >= 0.6 is 0 Å². The minimum Gasteiger partial charge on any atom is -0.356 e. The fourth-order valence-corrected chi connectivity index (χ4v) is 3.69. The van der Waals surface area contributed by atoms with Gasteiger partial charge in [0, 0.05) is 25.7 Å². The van der Waals surface area contributed by atoms with E-state index in [9.17, 15) is 14.0 Å². The molecule has 0 unspecified atom stereocenters. The molecule has 0 bridgehead atoms. The molecule has 28 heavy (non-hydrogen) atoms. The Hall–Kier alpha value is -2.73. The summed E-state index contributed by atoms with van der Waals surface area (Å²) in [7, 11) is 0. The van der Waals surface area contributed by atoms with Gasteiger partial charge in [0.2, 0.25) is 11.8 Å². The largest absolute Gasteiger partial charge is 0.356 e. The molecule has 1 aliphatic heterocycles. The molecular weight excluding hydrogens is 357 g/mol. The molecule has 1 fully saturated rings. The molecule has 1 aliphatic rings. The second-order valence-electron chi connectivity index (χ2n) is 7.25. The summed E-state index contributed by atoms with van der Waals surface area (Å²) in [5.41, 5.74) is 1.49. The number of nitrogens with zero attached hydrogens (tertiary/aromatic N) is 1.